The molecule has 1 unspecified atom stereocenters. The predicted octanol–water partition coefficient (Wildman–Crippen LogP) is 2.74. The van der Waals surface area contributed by atoms with Gasteiger partial charge in [-0.15, -0.1) is 0 Å². The van der Waals surface area contributed by atoms with Gasteiger partial charge in [0, 0.05) is 17.6 Å². The van der Waals surface area contributed by atoms with E-state index >= 15 is 0 Å². The average Bonchev–Trinajstić information content (AvgIpc) is 2.83. The van der Waals surface area contributed by atoms with Crippen LogP contribution in [0, 0.1) is 0 Å². The molecule has 0 radical (unpaired) electrons. The molecular formula is C18H26N2O3. The van der Waals surface area contributed by atoms with E-state index in [1.54, 1.807) is 12.1 Å². The maximum atomic E-state index is 11.7. The van der Waals surface area contributed by atoms with Crippen LogP contribution in [0.3, 0.4) is 0 Å². The molecule has 1 atom stereocenters. The Balaban J connectivity index is 2.28. The molecule has 0 aromatic heterocycles. The number of nitrogens with zero attached hydrogens (tertiary/aromatic N) is 1. The van der Waals surface area contributed by atoms with Crippen molar-refractivity contribution in [3.8, 4) is 0 Å². The third-order valence-electron chi connectivity index (χ3n) is 4.68. The molecule has 126 valence electrons. The van der Waals surface area contributed by atoms with E-state index < -0.39 is 12.0 Å². The molecular weight excluding hydrogens is 292 g/mol. The first-order valence-electron chi connectivity index (χ1n) is 7.92. The van der Waals surface area contributed by atoms with Gasteiger partial charge in [-0.25, -0.2) is 4.79 Å². The molecule has 1 aromatic rings. The Morgan fingerprint density at radius 3 is 2.52 bits per heavy atom. The number of carbonyl (C=O) groups is 2. The standard InChI is InChI=1S/C18H26N2O3/c1-17(2,19)7-8-18(3,4)20-10-13-6-5-12(16(22)23)9-14(13)15(20)11-21/h5-6,9,11,15H,7-8,10,19H2,1-4H3,(H,22,23). The van der Waals surface area contributed by atoms with Crippen molar-refractivity contribution < 1.29 is 14.7 Å². The van der Waals surface area contributed by atoms with Crippen LogP contribution in [0.15, 0.2) is 18.2 Å². The van der Waals surface area contributed by atoms with E-state index in [2.05, 4.69) is 18.7 Å². The van der Waals surface area contributed by atoms with Crippen molar-refractivity contribution in [1.29, 1.82) is 0 Å². The minimum absolute atomic E-state index is 0.204. The Kier molecular flexibility index (Phi) is 4.64. The first-order valence-corrected chi connectivity index (χ1v) is 7.92. The van der Waals surface area contributed by atoms with Crippen LogP contribution in [0.4, 0.5) is 0 Å². The Bertz CT molecular complexity index is 617. The Morgan fingerprint density at radius 1 is 1.35 bits per heavy atom. The molecule has 23 heavy (non-hydrogen) atoms. The molecule has 0 fully saturated rings. The second-order valence-corrected chi connectivity index (χ2v) is 7.73. The molecule has 5 heteroatoms. The third kappa shape index (κ3) is 3.79. The second-order valence-electron chi connectivity index (χ2n) is 7.73. The molecule has 0 bridgehead atoms. The molecule has 1 aliphatic rings. The molecule has 0 amide bonds. The van der Waals surface area contributed by atoms with E-state index in [1.807, 2.05) is 19.9 Å². The minimum atomic E-state index is -0.972. The fourth-order valence-electron chi connectivity index (χ4n) is 3.11. The summed E-state index contributed by atoms with van der Waals surface area (Å²) in [7, 11) is 0. The number of hydrogen-bond donors (Lipinski definition) is 2. The maximum absolute atomic E-state index is 11.7. The van der Waals surface area contributed by atoms with Gasteiger partial charge in [-0.05, 0) is 63.8 Å². The smallest absolute Gasteiger partial charge is 0.335 e. The van der Waals surface area contributed by atoms with E-state index in [1.165, 1.54) is 0 Å². The van der Waals surface area contributed by atoms with Crippen molar-refractivity contribution >= 4 is 12.3 Å². The number of benzene rings is 1. The molecule has 1 aliphatic heterocycles. The number of carboxylic acids is 1. The summed E-state index contributed by atoms with van der Waals surface area (Å²) in [5.74, 6) is -0.972. The van der Waals surface area contributed by atoms with Gasteiger partial charge in [-0.2, -0.15) is 0 Å². The number of carbonyl (C=O) groups excluding carboxylic acids is 1. The van der Waals surface area contributed by atoms with E-state index in [9.17, 15) is 9.59 Å². The Hall–Kier alpha value is -1.72. The zero-order valence-electron chi connectivity index (χ0n) is 14.3. The lowest BCUT2D eigenvalue weighted by molar-refractivity contribution is -0.114. The van der Waals surface area contributed by atoms with Crippen molar-refractivity contribution in [1.82, 2.24) is 4.90 Å². The zero-order valence-corrected chi connectivity index (χ0v) is 14.3. The number of rotatable bonds is 6. The largest absolute Gasteiger partial charge is 0.478 e. The van der Waals surface area contributed by atoms with Gasteiger partial charge in [0.2, 0.25) is 0 Å². The summed E-state index contributed by atoms with van der Waals surface area (Å²) >= 11 is 0. The van der Waals surface area contributed by atoms with Crippen LogP contribution in [0.1, 0.15) is 68.1 Å². The van der Waals surface area contributed by atoms with Crippen LogP contribution in [0.25, 0.3) is 0 Å². The van der Waals surface area contributed by atoms with Crippen molar-refractivity contribution in [2.45, 2.75) is 64.2 Å². The lowest BCUT2D eigenvalue weighted by atomic mass is 9.88. The van der Waals surface area contributed by atoms with Crippen LogP contribution in [-0.2, 0) is 11.3 Å². The molecule has 0 saturated carbocycles. The van der Waals surface area contributed by atoms with Gasteiger partial charge in [0.25, 0.3) is 0 Å². The van der Waals surface area contributed by atoms with E-state index in [0.29, 0.717) is 6.54 Å². The van der Waals surface area contributed by atoms with Gasteiger partial charge >= 0.3 is 5.97 Å². The normalized spacial score (nSPS) is 18.7. The lowest BCUT2D eigenvalue weighted by Crippen LogP contribution is -2.45. The van der Waals surface area contributed by atoms with Gasteiger partial charge < -0.3 is 15.6 Å². The monoisotopic (exact) mass is 318 g/mol. The van der Waals surface area contributed by atoms with Crippen molar-refractivity contribution in [3.05, 3.63) is 34.9 Å². The first-order chi connectivity index (χ1) is 10.5. The van der Waals surface area contributed by atoms with E-state index in [0.717, 1.165) is 30.3 Å². The van der Waals surface area contributed by atoms with Gasteiger partial charge in [-0.3, -0.25) is 4.90 Å². The Labute approximate surface area is 137 Å². The quantitative estimate of drug-likeness (QED) is 0.788. The summed E-state index contributed by atoms with van der Waals surface area (Å²) in [5.41, 5.74) is 7.68. The van der Waals surface area contributed by atoms with Crippen LogP contribution >= 0.6 is 0 Å². The minimum Gasteiger partial charge on any atom is -0.478 e. The number of aldehydes is 1. The van der Waals surface area contributed by atoms with Crippen LogP contribution < -0.4 is 5.73 Å². The summed E-state index contributed by atoms with van der Waals surface area (Å²) in [4.78, 5) is 25.0. The van der Waals surface area contributed by atoms with Crippen molar-refractivity contribution in [3.63, 3.8) is 0 Å². The Morgan fingerprint density at radius 2 is 2.00 bits per heavy atom. The third-order valence-corrected chi connectivity index (χ3v) is 4.68. The SMILES string of the molecule is CC(C)(N)CCC(C)(C)N1Cc2ccc(C(=O)O)cc2C1C=O. The molecule has 5 nitrogen and oxygen atoms in total. The van der Waals surface area contributed by atoms with Crippen LogP contribution in [-0.4, -0.2) is 33.3 Å². The number of aromatic carboxylic acids is 1. The zero-order chi connectivity index (χ0) is 17.4. The fraction of sp³-hybridized carbons (Fsp3) is 0.556. The maximum Gasteiger partial charge on any atom is 0.335 e. The second kappa shape index (κ2) is 6.06. The summed E-state index contributed by atoms with van der Waals surface area (Å²) in [6.45, 7) is 8.87. The topological polar surface area (TPSA) is 83.6 Å². The van der Waals surface area contributed by atoms with Crippen LogP contribution in [0.2, 0.25) is 0 Å². The van der Waals surface area contributed by atoms with E-state index in [-0.39, 0.29) is 16.6 Å². The highest BCUT2D eigenvalue weighted by Gasteiger charge is 2.39. The highest BCUT2D eigenvalue weighted by atomic mass is 16.4. The molecule has 0 saturated heterocycles. The van der Waals surface area contributed by atoms with Crippen molar-refractivity contribution in [2.75, 3.05) is 0 Å². The highest BCUT2D eigenvalue weighted by Crippen LogP contribution is 2.40. The lowest BCUT2D eigenvalue weighted by Gasteiger charge is -2.39. The summed E-state index contributed by atoms with van der Waals surface area (Å²) < 4.78 is 0. The summed E-state index contributed by atoms with van der Waals surface area (Å²) in [6, 6.07) is 4.64. The first kappa shape index (κ1) is 17.6. The van der Waals surface area contributed by atoms with Gasteiger partial charge in [0.05, 0.1) is 11.6 Å². The molecule has 1 aromatic carbocycles. The fourth-order valence-corrected chi connectivity index (χ4v) is 3.11. The molecule has 0 aliphatic carbocycles. The summed E-state index contributed by atoms with van der Waals surface area (Å²) in [6.07, 6.45) is 2.62. The molecule has 1 heterocycles. The van der Waals surface area contributed by atoms with Gasteiger partial charge in [-0.1, -0.05) is 6.07 Å². The number of hydrogen-bond acceptors (Lipinski definition) is 4. The molecule has 0 spiro atoms. The van der Waals surface area contributed by atoms with E-state index in [4.69, 9.17) is 10.8 Å². The average molecular weight is 318 g/mol. The number of carboxylic acid groups (broad SMARTS) is 1. The highest BCUT2D eigenvalue weighted by molar-refractivity contribution is 5.88. The van der Waals surface area contributed by atoms with Crippen molar-refractivity contribution in [2.24, 2.45) is 5.73 Å². The van der Waals surface area contributed by atoms with Gasteiger partial charge in [0.1, 0.15) is 6.29 Å². The van der Waals surface area contributed by atoms with Crippen LogP contribution in [0.5, 0.6) is 0 Å². The summed E-state index contributed by atoms with van der Waals surface area (Å²) in [5, 5.41) is 9.16. The molecule has 3 N–H and O–H groups in total. The molecule has 2 rings (SSSR count). The predicted molar refractivity (Wildman–Crippen MR) is 89.3 cm³/mol. The van der Waals surface area contributed by atoms with Gasteiger partial charge in [0.15, 0.2) is 0 Å². The number of nitrogens with two attached hydrogens (primary N) is 1. The number of fused-ring (bicyclic) bond motifs is 1.